The minimum atomic E-state index is -1.59. The molecule has 0 bridgehead atoms. The maximum absolute atomic E-state index is 12.7. The number of esters is 2. The van der Waals surface area contributed by atoms with Crippen LogP contribution in [-0.4, -0.2) is 89.0 Å². The molecule has 51 heavy (non-hydrogen) atoms. The van der Waals surface area contributed by atoms with E-state index < -0.39 is 49.4 Å². The minimum absolute atomic E-state index is 0.217. The summed E-state index contributed by atoms with van der Waals surface area (Å²) in [6, 6.07) is 0. The summed E-state index contributed by atoms with van der Waals surface area (Å²) < 4.78 is 22.1. The summed E-state index contributed by atoms with van der Waals surface area (Å²) >= 11 is 0. The van der Waals surface area contributed by atoms with E-state index in [1.165, 1.54) is 89.9 Å². The monoisotopic (exact) mass is 729 g/mol. The van der Waals surface area contributed by atoms with E-state index in [2.05, 4.69) is 26.0 Å². The van der Waals surface area contributed by atoms with Gasteiger partial charge in [-0.2, -0.15) is 0 Å². The van der Waals surface area contributed by atoms with Crippen LogP contribution >= 0.6 is 0 Å². The van der Waals surface area contributed by atoms with E-state index in [0.29, 0.717) is 6.42 Å². The molecule has 10 heteroatoms. The van der Waals surface area contributed by atoms with E-state index in [-0.39, 0.29) is 32.0 Å². The number of aliphatic hydroxyl groups excluding tert-OH is 4. The highest BCUT2D eigenvalue weighted by atomic mass is 16.7. The molecule has 0 aromatic carbocycles. The Morgan fingerprint density at radius 2 is 1.04 bits per heavy atom. The second-order valence-corrected chi connectivity index (χ2v) is 14.4. The molecule has 2 unspecified atom stereocenters. The third-order valence-electron chi connectivity index (χ3n) is 9.65. The summed E-state index contributed by atoms with van der Waals surface area (Å²) in [6.07, 6.45) is 25.1. The molecule has 1 aliphatic heterocycles. The maximum atomic E-state index is 12.7. The summed E-state index contributed by atoms with van der Waals surface area (Å²) in [5.41, 5.74) is 0. The molecule has 1 fully saturated rings. The van der Waals surface area contributed by atoms with Gasteiger partial charge in [0.2, 0.25) is 0 Å². The lowest BCUT2D eigenvalue weighted by atomic mass is 9.99. The molecule has 0 aliphatic carbocycles. The zero-order valence-electron chi connectivity index (χ0n) is 32.4. The van der Waals surface area contributed by atoms with Gasteiger partial charge in [0.25, 0.3) is 0 Å². The maximum Gasteiger partial charge on any atom is 0.306 e. The van der Waals surface area contributed by atoms with Crippen LogP contribution < -0.4 is 0 Å². The number of aliphatic hydroxyl groups is 4. The molecule has 300 valence electrons. The first-order valence-corrected chi connectivity index (χ1v) is 20.8. The number of ether oxygens (including phenoxy) is 4. The summed E-state index contributed by atoms with van der Waals surface area (Å²) in [5.74, 6) is -0.812. The van der Waals surface area contributed by atoms with E-state index in [9.17, 15) is 30.0 Å². The van der Waals surface area contributed by atoms with E-state index in [1.807, 2.05) is 0 Å². The highest BCUT2D eigenvalue weighted by Crippen LogP contribution is 2.22. The van der Waals surface area contributed by atoms with Crippen molar-refractivity contribution >= 4 is 11.9 Å². The second-order valence-electron chi connectivity index (χ2n) is 14.4. The molecule has 1 aliphatic rings. The summed E-state index contributed by atoms with van der Waals surface area (Å²) in [4.78, 5) is 25.2. The summed E-state index contributed by atoms with van der Waals surface area (Å²) in [6.45, 7) is 3.40. The molecule has 1 rings (SSSR count). The lowest BCUT2D eigenvalue weighted by molar-refractivity contribution is -0.305. The summed E-state index contributed by atoms with van der Waals surface area (Å²) in [5, 5.41) is 39.9. The molecule has 0 radical (unpaired) electrons. The van der Waals surface area contributed by atoms with Crippen LogP contribution in [0.4, 0.5) is 0 Å². The van der Waals surface area contributed by atoms with Crippen LogP contribution in [0.15, 0.2) is 12.2 Å². The van der Waals surface area contributed by atoms with E-state index in [1.54, 1.807) is 0 Å². The van der Waals surface area contributed by atoms with Gasteiger partial charge in [-0.1, -0.05) is 142 Å². The third-order valence-corrected chi connectivity index (χ3v) is 9.65. The van der Waals surface area contributed by atoms with Gasteiger partial charge in [0, 0.05) is 12.8 Å². The van der Waals surface area contributed by atoms with Crippen LogP contribution in [0.5, 0.6) is 0 Å². The Morgan fingerprint density at radius 1 is 0.588 bits per heavy atom. The van der Waals surface area contributed by atoms with Gasteiger partial charge in [0.15, 0.2) is 12.4 Å². The second kappa shape index (κ2) is 33.0. The zero-order valence-corrected chi connectivity index (χ0v) is 32.4. The van der Waals surface area contributed by atoms with Crippen LogP contribution in [0.25, 0.3) is 0 Å². The molecule has 0 amide bonds. The molecule has 1 saturated heterocycles. The van der Waals surface area contributed by atoms with Crippen LogP contribution in [0, 0.1) is 0 Å². The number of carbonyl (C=O) groups is 2. The first kappa shape index (κ1) is 47.5. The molecular formula is C41H76O10. The normalized spacial score (nSPS) is 21.3. The van der Waals surface area contributed by atoms with Gasteiger partial charge >= 0.3 is 11.9 Å². The lowest BCUT2D eigenvalue weighted by Gasteiger charge is -2.39. The van der Waals surface area contributed by atoms with Crippen molar-refractivity contribution in [2.24, 2.45) is 0 Å². The fourth-order valence-electron chi connectivity index (χ4n) is 6.30. The van der Waals surface area contributed by atoms with Crippen LogP contribution in [0.2, 0.25) is 0 Å². The molecule has 0 spiro atoms. The number of unbranched alkanes of at least 4 members (excludes halogenated alkanes) is 21. The minimum Gasteiger partial charge on any atom is -0.462 e. The van der Waals surface area contributed by atoms with Gasteiger partial charge in [-0.3, -0.25) is 9.59 Å². The SMILES string of the molecule is CCCCCCCC/C=C/CCCCCCCC(=O)OC[C@@H](CO[C@H]1O[C@@H](CO)[C@@H](O)C(O)C1O)OC(=O)CCCCCCCCCCCCC. The fraction of sp³-hybridized carbons (Fsp3) is 0.902. The van der Waals surface area contributed by atoms with Crippen LogP contribution in [-0.2, 0) is 28.5 Å². The van der Waals surface area contributed by atoms with Gasteiger partial charge in [-0.25, -0.2) is 0 Å². The highest BCUT2D eigenvalue weighted by Gasteiger charge is 2.44. The molecule has 0 aromatic rings. The van der Waals surface area contributed by atoms with Crippen molar-refractivity contribution in [2.75, 3.05) is 19.8 Å². The first-order valence-electron chi connectivity index (χ1n) is 20.8. The molecule has 10 nitrogen and oxygen atoms in total. The Kier molecular flexibility index (Phi) is 30.7. The van der Waals surface area contributed by atoms with E-state index in [0.717, 1.165) is 57.8 Å². The van der Waals surface area contributed by atoms with Crippen molar-refractivity contribution in [3.63, 3.8) is 0 Å². The third kappa shape index (κ3) is 25.2. The van der Waals surface area contributed by atoms with Crippen molar-refractivity contribution in [1.29, 1.82) is 0 Å². The number of carbonyl (C=O) groups excluding carboxylic acids is 2. The summed E-state index contributed by atoms with van der Waals surface area (Å²) in [7, 11) is 0. The van der Waals surface area contributed by atoms with Gasteiger partial charge in [-0.05, 0) is 38.5 Å². The number of allylic oxidation sites excluding steroid dienone is 2. The topological polar surface area (TPSA) is 152 Å². The largest absolute Gasteiger partial charge is 0.462 e. The van der Waals surface area contributed by atoms with Crippen molar-refractivity contribution in [3.05, 3.63) is 12.2 Å². The van der Waals surface area contributed by atoms with Gasteiger partial charge in [-0.15, -0.1) is 0 Å². The van der Waals surface area contributed by atoms with Crippen molar-refractivity contribution in [2.45, 2.75) is 218 Å². The lowest BCUT2D eigenvalue weighted by Crippen LogP contribution is -2.59. The average Bonchev–Trinajstić information content (AvgIpc) is 3.13. The Morgan fingerprint density at radius 3 is 1.53 bits per heavy atom. The average molecular weight is 729 g/mol. The molecular weight excluding hydrogens is 652 g/mol. The smallest absolute Gasteiger partial charge is 0.306 e. The van der Waals surface area contributed by atoms with Crippen molar-refractivity contribution < 1.29 is 49.0 Å². The Hall–Kier alpha value is -1.56. The van der Waals surface area contributed by atoms with Crippen molar-refractivity contribution in [3.8, 4) is 0 Å². The predicted octanol–water partition coefficient (Wildman–Crippen LogP) is 8.00. The predicted molar refractivity (Wildman–Crippen MR) is 201 cm³/mol. The number of hydrogen-bond donors (Lipinski definition) is 4. The standard InChI is InChI=1S/C41H76O10/c1-3-5-7-9-11-13-15-16-17-18-20-21-23-25-27-29-36(43)48-32-34(33-49-41-40(47)39(46)38(45)35(31-42)51-41)50-37(44)30-28-26-24-22-19-14-12-10-8-6-4-2/h16-17,34-35,38-42,45-47H,3-15,18-33H2,1-2H3/b17-16+/t34-,35-,38+,39?,40?,41-/m0/s1. The fourth-order valence-corrected chi connectivity index (χ4v) is 6.30. The molecule has 1 heterocycles. The molecule has 4 N–H and O–H groups in total. The number of rotatable bonds is 34. The van der Waals surface area contributed by atoms with Crippen molar-refractivity contribution in [1.82, 2.24) is 0 Å². The van der Waals surface area contributed by atoms with E-state index >= 15 is 0 Å². The Balaban J connectivity index is 2.36. The van der Waals surface area contributed by atoms with Crippen LogP contribution in [0.3, 0.4) is 0 Å². The number of hydrogen-bond acceptors (Lipinski definition) is 10. The van der Waals surface area contributed by atoms with Crippen LogP contribution in [0.1, 0.15) is 181 Å². The van der Waals surface area contributed by atoms with E-state index in [4.69, 9.17) is 18.9 Å². The van der Waals surface area contributed by atoms with Gasteiger partial charge in [0.1, 0.15) is 31.0 Å². The quantitative estimate of drug-likeness (QED) is 0.0291. The molecule has 0 saturated carbocycles. The van der Waals surface area contributed by atoms with Gasteiger partial charge in [0.05, 0.1) is 13.2 Å². The molecule has 0 aromatic heterocycles. The highest BCUT2D eigenvalue weighted by molar-refractivity contribution is 5.70. The molecule has 6 atom stereocenters. The Bertz CT molecular complexity index is 850. The Labute approximate surface area is 310 Å². The first-order chi connectivity index (χ1) is 24.8. The van der Waals surface area contributed by atoms with Gasteiger partial charge < -0.3 is 39.4 Å². The zero-order chi connectivity index (χ0) is 37.4.